The van der Waals surface area contributed by atoms with E-state index < -0.39 is 11.7 Å². The highest BCUT2D eigenvalue weighted by Gasteiger charge is 2.36. The van der Waals surface area contributed by atoms with Crippen molar-refractivity contribution in [2.45, 2.75) is 42.6 Å². The van der Waals surface area contributed by atoms with Gasteiger partial charge in [-0.3, -0.25) is 0 Å². The first-order chi connectivity index (χ1) is 10.3. The van der Waals surface area contributed by atoms with Gasteiger partial charge in [0.2, 0.25) is 0 Å². The smallest absolute Gasteiger partial charge is 0.410 e. The third kappa shape index (κ3) is 4.55. The van der Waals surface area contributed by atoms with E-state index in [1.165, 1.54) is 0 Å². The number of β-amino-alcohol motifs (C(OH)–C–C–N with tert-alkyl or cyclic N) is 1. The van der Waals surface area contributed by atoms with Gasteiger partial charge in [-0.05, 0) is 45.0 Å². The van der Waals surface area contributed by atoms with E-state index in [9.17, 15) is 9.90 Å². The number of hydrogen-bond acceptors (Lipinski definition) is 5. The van der Waals surface area contributed by atoms with E-state index in [-0.39, 0.29) is 11.3 Å². The number of carbonyl (C=O) groups excluding carboxylic acids is 1. The van der Waals surface area contributed by atoms with E-state index in [4.69, 9.17) is 9.47 Å². The Morgan fingerprint density at radius 3 is 2.45 bits per heavy atom. The number of rotatable bonds is 3. The molecule has 0 spiro atoms. The zero-order valence-electron chi connectivity index (χ0n) is 13.4. The predicted octanol–water partition coefficient (Wildman–Crippen LogP) is 2.77. The summed E-state index contributed by atoms with van der Waals surface area (Å²) in [4.78, 5) is 14.7. The minimum Gasteiger partial charge on any atom is -0.497 e. The molecule has 0 bridgehead atoms. The summed E-state index contributed by atoms with van der Waals surface area (Å²) in [6.07, 6.45) is -0.927. The van der Waals surface area contributed by atoms with Crippen LogP contribution < -0.4 is 4.74 Å². The lowest BCUT2D eigenvalue weighted by molar-refractivity contribution is 0.0270. The molecule has 122 valence electrons. The largest absolute Gasteiger partial charge is 0.497 e. The molecule has 1 N–H and O–H groups in total. The average Bonchev–Trinajstić information content (AvgIpc) is 2.79. The van der Waals surface area contributed by atoms with Crippen molar-refractivity contribution in [3.63, 3.8) is 0 Å². The van der Waals surface area contributed by atoms with Crippen LogP contribution in [0.25, 0.3) is 0 Å². The Kier molecular flexibility index (Phi) is 5.24. The van der Waals surface area contributed by atoms with Gasteiger partial charge in [0.15, 0.2) is 0 Å². The van der Waals surface area contributed by atoms with Gasteiger partial charge in [-0.15, -0.1) is 11.8 Å². The number of amides is 1. The second kappa shape index (κ2) is 6.79. The van der Waals surface area contributed by atoms with Crippen LogP contribution in [0.4, 0.5) is 4.79 Å². The predicted molar refractivity (Wildman–Crippen MR) is 86.5 cm³/mol. The Hall–Kier alpha value is -1.40. The number of hydrogen-bond donors (Lipinski definition) is 1. The lowest BCUT2D eigenvalue weighted by Crippen LogP contribution is -2.35. The number of carbonyl (C=O) groups is 1. The fourth-order valence-electron chi connectivity index (χ4n) is 2.18. The molecule has 0 unspecified atom stereocenters. The molecule has 0 saturated carbocycles. The van der Waals surface area contributed by atoms with Crippen molar-refractivity contribution in [2.75, 3.05) is 20.2 Å². The summed E-state index contributed by atoms with van der Waals surface area (Å²) in [5, 5.41) is 10.1. The van der Waals surface area contributed by atoms with Crippen LogP contribution in [0.3, 0.4) is 0 Å². The summed E-state index contributed by atoms with van der Waals surface area (Å²) in [6, 6.07) is 7.67. The SMILES string of the molecule is COc1ccc(S[C@@H]2CN(C(=O)OC(C)(C)C)C[C@H]2O)cc1. The van der Waals surface area contributed by atoms with E-state index in [1.807, 2.05) is 45.0 Å². The molecular weight excluding hydrogens is 302 g/mol. The van der Waals surface area contributed by atoms with Crippen LogP contribution >= 0.6 is 11.8 Å². The maximum Gasteiger partial charge on any atom is 0.410 e. The fraction of sp³-hybridized carbons (Fsp3) is 0.562. The molecule has 0 aliphatic carbocycles. The molecule has 1 aliphatic rings. The van der Waals surface area contributed by atoms with Crippen LogP contribution in [0.15, 0.2) is 29.2 Å². The first-order valence-electron chi connectivity index (χ1n) is 7.25. The fourth-order valence-corrected chi connectivity index (χ4v) is 3.32. The second-order valence-electron chi connectivity index (χ2n) is 6.28. The number of thioether (sulfide) groups is 1. The third-order valence-electron chi connectivity index (χ3n) is 3.24. The van der Waals surface area contributed by atoms with E-state index in [0.717, 1.165) is 10.6 Å². The number of aliphatic hydroxyl groups is 1. The molecule has 2 rings (SSSR count). The number of aliphatic hydroxyl groups excluding tert-OH is 1. The molecule has 1 aromatic rings. The van der Waals surface area contributed by atoms with Crippen LogP contribution in [-0.4, -0.2) is 53.3 Å². The summed E-state index contributed by atoms with van der Waals surface area (Å²) in [7, 11) is 1.63. The molecule has 1 amide bonds. The molecular formula is C16H23NO4S. The second-order valence-corrected chi connectivity index (χ2v) is 7.60. The van der Waals surface area contributed by atoms with Crippen molar-refractivity contribution >= 4 is 17.9 Å². The molecule has 1 fully saturated rings. The third-order valence-corrected chi connectivity index (χ3v) is 4.55. The van der Waals surface area contributed by atoms with Gasteiger partial charge < -0.3 is 19.5 Å². The Labute approximate surface area is 135 Å². The van der Waals surface area contributed by atoms with Crippen LogP contribution in [0.2, 0.25) is 0 Å². The molecule has 22 heavy (non-hydrogen) atoms. The standard InChI is InChI=1S/C16H23NO4S/c1-16(2,3)21-15(19)17-9-13(18)14(10-17)22-12-7-5-11(20-4)6-8-12/h5-8,13-14,18H,9-10H2,1-4H3/t13-,14-/m1/s1. The Balaban J connectivity index is 1.94. The van der Waals surface area contributed by atoms with Crippen LogP contribution in [0.1, 0.15) is 20.8 Å². The lowest BCUT2D eigenvalue weighted by Gasteiger charge is -2.24. The number of likely N-dealkylation sites (tertiary alicyclic amines) is 1. The summed E-state index contributed by atoms with van der Waals surface area (Å²) in [5.41, 5.74) is -0.525. The van der Waals surface area contributed by atoms with E-state index in [2.05, 4.69) is 0 Å². The van der Waals surface area contributed by atoms with Crippen molar-refractivity contribution in [1.82, 2.24) is 4.90 Å². The van der Waals surface area contributed by atoms with Crippen molar-refractivity contribution in [3.8, 4) is 5.75 Å². The van der Waals surface area contributed by atoms with Gasteiger partial charge in [0.1, 0.15) is 11.4 Å². The monoisotopic (exact) mass is 325 g/mol. The van der Waals surface area contributed by atoms with Crippen molar-refractivity contribution in [1.29, 1.82) is 0 Å². The summed E-state index contributed by atoms with van der Waals surface area (Å²) in [5.74, 6) is 0.798. The zero-order chi connectivity index (χ0) is 16.3. The Bertz CT molecular complexity index is 512. The molecule has 2 atom stereocenters. The molecule has 1 heterocycles. The van der Waals surface area contributed by atoms with Gasteiger partial charge in [-0.25, -0.2) is 4.79 Å². The van der Waals surface area contributed by atoms with Gasteiger partial charge in [0.25, 0.3) is 0 Å². The quantitative estimate of drug-likeness (QED) is 0.926. The highest BCUT2D eigenvalue weighted by Crippen LogP contribution is 2.31. The molecule has 5 nitrogen and oxygen atoms in total. The molecule has 0 aromatic heterocycles. The number of nitrogens with zero attached hydrogens (tertiary/aromatic N) is 1. The van der Waals surface area contributed by atoms with Crippen LogP contribution in [0.5, 0.6) is 5.75 Å². The van der Waals surface area contributed by atoms with E-state index in [1.54, 1.807) is 23.8 Å². The van der Waals surface area contributed by atoms with E-state index in [0.29, 0.717) is 13.1 Å². The normalized spacial score (nSPS) is 21.8. The molecule has 1 saturated heterocycles. The van der Waals surface area contributed by atoms with E-state index >= 15 is 0 Å². The Morgan fingerprint density at radius 1 is 1.27 bits per heavy atom. The molecule has 0 radical (unpaired) electrons. The minimum atomic E-state index is -0.556. The lowest BCUT2D eigenvalue weighted by atomic mass is 10.2. The van der Waals surface area contributed by atoms with Crippen LogP contribution in [0, 0.1) is 0 Å². The topological polar surface area (TPSA) is 59.0 Å². The summed E-state index contributed by atoms with van der Waals surface area (Å²) < 4.78 is 10.5. The molecule has 1 aliphatic heterocycles. The first kappa shape index (κ1) is 17.0. The summed E-state index contributed by atoms with van der Waals surface area (Å²) in [6.45, 7) is 6.29. The highest BCUT2D eigenvalue weighted by atomic mass is 32.2. The zero-order valence-corrected chi connectivity index (χ0v) is 14.2. The number of ether oxygens (including phenoxy) is 2. The molecule has 1 aromatic carbocycles. The molecule has 6 heteroatoms. The summed E-state index contributed by atoms with van der Waals surface area (Å²) >= 11 is 1.56. The van der Waals surface area contributed by atoms with Crippen molar-refractivity contribution in [2.24, 2.45) is 0 Å². The number of benzene rings is 1. The van der Waals surface area contributed by atoms with Gasteiger partial charge in [-0.2, -0.15) is 0 Å². The minimum absolute atomic E-state index is 0.0547. The van der Waals surface area contributed by atoms with Gasteiger partial charge in [-0.1, -0.05) is 0 Å². The first-order valence-corrected chi connectivity index (χ1v) is 8.13. The maximum absolute atomic E-state index is 12.1. The number of methoxy groups -OCH3 is 1. The average molecular weight is 325 g/mol. The van der Waals surface area contributed by atoms with Gasteiger partial charge in [0, 0.05) is 11.4 Å². The Morgan fingerprint density at radius 2 is 1.91 bits per heavy atom. The highest BCUT2D eigenvalue weighted by molar-refractivity contribution is 8.00. The van der Waals surface area contributed by atoms with Crippen molar-refractivity contribution < 1.29 is 19.4 Å². The van der Waals surface area contributed by atoms with Gasteiger partial charge in [0.05, 0.1) is 25.0 Å². The van der Waals surface area contributed by atoms with Crippen molar-refractivity contribution in [3.05, 3.63) is 24.3 Å². The van der Waals surface area contributed by atoms with Crippen LogP contribution in [-0.2, 0) is 4.74 Å². The van der Waals surface area contributed by atoms with Gasteiger partial charge >= 0.3 is 6.09 Å². The maximum atomic E-state index is 12.1.